The van der Waals surface area contributed by atoms with Gasteiger partial charge in [-0.2, -0.15) is 10.4 Å². The van der Waals surface area contributed by atoms with Gasteiger partial charge >= 0.3 is 0 Å². The fraction of sp³-hybridized carbons (Fsp3) is 0.167. The molecule has 0 saturated heterocycles. The van der Waals surface area contributed by atoms with Crippen LogP contribution in [0.5, 0.6) is 0 Å². The minimum Gasteiger partial charge on any atom is -0.235 e. The topological polar surface area (TPSA) is 41.6 Å². The molecule has 0 unspecified atom stereocenters. The number of nitriles is 1. The Bertz CT molecular complexity index is 625. The van der Waals surface area contributed by atoms with Crippen LogP contribution >= 0.6 is 27.5 Å². The number of hydrogen-bond donors (Lipinski definition) is 0. The van der Waals surface area contributed by atoms with Crippen LogP contribution in [0.4, 0.5) is 0 Å². The maximum absolute atomic E-state index is 9.10. The van der Waals surface area contributed by atoms with E-state index in [9.17, 15) is 0 Å². The van der Waals surface area contributed by atoms with Gasteiger partial charge in [-0.25, -0.2) is 4.68 Å². The van der Waals surface area contributed by atoms with Crippen LogP contribution < -0.4 is 0 Å². The van der Waals surface area contributed by atoms with Gasteiger partial charge in [0.15, 0.2) is 0 Å². The first-order valence-corrected chi connectivity index (χ1v) is 6.13. The van der Waals surface area contributed by atoms with Crippen molar-refractivity contribution < 1.29 is 0 Å². The Labute approximate surface area is 113 Å². The molecule has 0 fully saturated rings. The van der Waals surface area contributed by atoms with Crippen molar-refractivity contribution in [1.82, 2.24) is 9.78 Å². The molecule has 0 saturated carbocycles. The van der Waals surface area contributed by atoms with Crippen molar-refractivity contribution in [2.24, 2.45) is 0 Å². The third-order valence-electron chi connectivity index (χ3n) is 2.51. The Kier molecular flexibility index (Phi) is 3.23. The van der Waals surface area contributed by atoms with Crippen molar-refractivity contribution >= 4 is 27.5 Å². The number of hydrogen-bond acceptors (Lipinski definition) is 2. The Balaban J connectivity index is 2.72. The molecule has 1 aromatic carbocycles. The average Bonchev–Trinajstić information content (AvgIpc) is 2.57. The number of nitrogens with zero attached hydrogens (tertiary/aromatic N) is 3. The van der Waals surface area contributed by atoms with Crippen LogP contribution in [0.2, 0.25) is 5.02 Å². The summed E-state index contributed by atoms with van der Waals surface area (Å²) in [5.41, 5.74) is 2.89. The van der Waals surface area contributed by atoms with Crippen molar-refractivity contribution in [1.29, 1.82) is 5.26 Å². The molecule has 0 amide bonds. The van der Waals surface area contributed by atoms with Crippen LogP contribution in [0, 0.1) is 25.2 Å². The first kappa shape index (κ1) is 12.2. The quantitative estimate of drug-likeness (QED) is 0.804. The Morgan fingerprint density at radius 3 is 2.65 bits per heavy atom. The van der Waals surface area contributed by atoms with Crippen molar-refractivity contribution in [3.05, 3.63) is 44.6 Å². The number of aryl methyl sites for hydroxylation is 1. The molecule has 86 valence electrons. The highest BCUT2D eigenvalue weighted by atomic mass is 79.9. The van der Waals surface area contributed by atoms with E-state index in [1.54, 1.807) is 10.7 Å². The van der Waals surface area contributed by atoms with Gasteiger partial charge in [0.2, 0.25) is 0 Å². The largest absolute Gasteiger partial charge is 0.235 e. The highest BCUT2D eigenvalue weighted by molar-refractivity contribution is 9.10. The van der Waals surface area contributed by atoms with E-state index < -0.39 is 0 Å². The zero-order chi connectivity index (χ0) is 12.6. The summed E-state index contributed by atoms with van der Waals surface area (Å²) in [7, 11) is 0. The first-order valence-electron chi connectivity index (χ1n) is 4.96. The molecule has 17 heavy (non-hydrogen) atoms. The molecule has 0 N–H and O–H groups in total. The summed E-state index contributed by atoms with van der Waals surface area (Å²) in [6.45, 7) is 3.72. The first-order chi connectivity index (χ1) is 8.04. The molecule has 0 aliphatic heterocycles. The fourth-order valence-corrected chi connectivity index (χ4v) is 2.10. The molecule has 2 aromatic rings. The lowest BCUT2D eigenvalue weighted by Gasteiger charge is -2.07. The second-order valence-corrected chi connectivity index (χ2v) is 4.96. The molecule has 5 heteroatoms. The molecule has 3 nitrogen and oxygen atoms in total. The van der Waals surface area contributed by atoms with Gasteiger partial charge in [0.1, 0.15) is 6.07 Å². The summed E-state index contributed by atoms with van der Waals surface area (Å²) >= 11 is 9.49. The second kappa shape index (κ2) is 4.52. The number of benzene rings is 1. The summed E-state index contributed by atoms with van der Waals surface area (Å²) < 4.78 is 2.59. The molecule has 0 radical (unpaired) electrons. The van der Waals surface area contributed by atoms with Crippen molar-refractivity contribution in [3.63, 3.8) is 0 Å². The van der Waals surface area contributed by atoms with Crippen LogP contribution in [0.1, 0.15) is 17.0 Å². The monoisotopic (exact) mass is 309 g/mol. The molecular formula is C12H9BrClN3. The molecule has 2 rings (SSSR count). The molecule has 0 aliphatic rings. The van der Waals surface area contributed by atoms with Gasteiger partial charge in [-0.15, -0.1) is 0 Å². The summed E-state index contributed by atoms with van der Waals surface area (Å²) in [4.78, 5) is 0. The Hall–Kier alpha value is -1.31. The Morgan fingerprint density at radius 1 is 1.41 bits per heavy atom. The summed E-state index contributed by atoms with van der Waals surface area (Å²) in [5, 5.41) is 14.1. The third kappa shape index (κ3) is 2.08. The highest BCUT2D eigenvalue weighted by Gasteiger charge is 2.13. The number of rotatable bonds is 1. The van der Waals surface area contributed by atoms with Crippen LogP contribution in [0.25, 0.3) is 5.69 Å². The van der Waals surface area contributed by atoms with Crippen LogP contribution in [-0.4, -0.2) is 9.78 Å². The predicted molar refractivity (Wildman–Crippen MR) is 70.5 cm³/mol. The van der Waals surface area contributed by atoms with Crippen LogP contribution in [-0.2, 0) is 0 Å². The minimum atomic E-state index is 0.565. The van der Waals surface area contributed by atoms with Gasteiger partial charge in [0.05, 0.1) is 27.7 Å². The maximum Gasteiger partial charge on any atom is 0.101 e. The SMILES string of the molecule is Cc1nn(-c2cc(Br)ccc2C#N)c(C)c1Cl. The van der Waals surface area contributed by atoms with Gasteiger partial charge in [0.25, 0.3) is 0 Å². The zero-order valence-electron chi connectivity index (χ0n) is 9.33. The minimum absolute atomic E-state index is 0.565. The van der Waals surface area contributed by atoms with Gasteiger partial charge in [-0.3, -0.25) is 0 Å². The molecule has 0 bridgehead atoms. The molecule has 1 heterocycles. The smallest absolute Gasteiger partial charge is 0.101 e. The van der Waals surface area contributed by atoms with Gasteiger partial charge < -0.3 is 0 Å². The second-order valence-electron chi connectivity index (χ2n) is 3.67. The molecule has 0 atom stereocenters. The lowest BCUT2D eigenvalue weighted by Crippen LogP contribution is -2.02. The van der Waals surface area contributed by atoms with E-state index in [2.05, 4.69) is 27.1 Å². The lowest BCUT2D eigenvalue weighted by atomic mass is 10.2. The highest BCUT2D eigenvalue weighted by Crippen LogP contribution is 2.26. The standard InChI is InChI=1S/C12H9BrClN3/c1-7-12(14)8(2)17(16-7)11-5-10(13)4-3-9(11)6-15/h3-5H,1-2H3. The molecule has 1 aromatic heterocycles. The Morgan fingerprint density at radius 2 is 2.12 bits per heavy atom. The van der Waals surface area contributed by atoms with E-state index in [4.69, 9.17) is 16.9 Å². The number of aromatic nitrogens is 2. The summed E-state index contributed by atoms with van der Waals surface area (Å²) in [5.74, 6) is 0. The molecular weight excluding hydrogens is 302 g/mol. The average molecular weight is 311 g/mol. The van der Waals surface area contributed by atoms with Gasteiger partial charge in [0, 0.05) is 4.47 Å². The summed E-state index contributed by atoms with van der Waals surface area (Å²) in [6.07, 6.45) is 0. The van der Waals surface area contributed by atoms with Crippen LogP contribution in [0.15, 0.2) is 22.7 Å². The van der Waals surface area contributed by atoms with E-state index in [-0.39, 0.29) is 0 Å². The van der Waals surface area contributed by atoms with Gasteiger partial charge in [-0.1, -0.05) is 27.5 Å². The van der Waals surface area contributed by atoms with Crippen molar-refractivity contribution in [2.45, 2.75) is 13.8 Å². The lowest BCUT2D eigenvalue weighted by molar-refractivity contribution is 0.830. The number of halogens is 2. The molecule has 0 aliphatic carbocycles. The maximum atomic E-state index is 9.10. The summed E-state index contributed by atoms with van der Waals surface area (Å²) in [6, 6.07) is 7.59. The van der Waals surface area contributed by atoms with Crippen LogP contribution in [0.3, 0.4) is 0 Å². The normalized spacial score (nSPS) is 10.3. The van der Waals surface area contributed by atoms with E-state index >= 15 is 0 Å². The van der Waals surface area contributed by atoms with E-state index in [0.29, 0.717) is 10.6 Å². The molecule has 0 spiro atoms. The zero-order valence-corrected chi connectivity index (χ0v) is 11.7. The van der Waals surface area contributed by atoms with E-state index in [1.165, 1.54) is 0 Å². The van der Waals surface area contributed by atoms with E-state index in [0.717, 1.165) is 21.5 Å². The van der Waals surface area contributed by atoms with E-state index in [1.807, 2.05) is 26.0 Å². The van der Waals surface area contributed by atoms with Gasteiger partial charge in [-0.05, 0) is 32.0 Å². The third-order valence-corrected chi connectivity index (χ3v) is 3.55. The predicted octanol–water partition coefficient (Wildman–Crippen LogP) is 3.78. The van der Waals surface area contributed by atoms with Crippen molar-refractivity contribution in [2.75, 3.05) is 0 Å². The fourth-order valence-electron chi connectivity index (χ4n) is 1.63. The van der Waals surface area contributed by atoms with Crippen molar-refractivity contribution in [3.8, 4) is 11.8 Å².